The molecule has 23 heavy (non-hydrogen) atoms. The Bertz CT molecular complexity index is 831. The van der Waals surface area contributed by atoms with Crippen molar-refractivity contribution in [1.29, 1.82) is 0 Å². The number of hydrogen-bond acceptors (Lipinski definition) is 3. The van der Waals surface area contributed by atoms with Crippen molar-refractivity contribution in [2.24, 2.45) is 0 Å². The van der Waals surface area contributed by atoms with E-state index in [0.717, 1.165) is 27.8 Å². The summed E-state index contributed by atoms with van der Waals surface area (Å²) in [7, 11) is 5.77. The van der Waals surface area contributed by atoms with Gasteiger partial charge < -0.3 is 9.64 Å². The zero-order valence-corrected chi connectivity index (χ0v) is 13.7. The zero-order valence-electron chi connectivity index (χ0n) is 13.7. The Morgan fingerprint density at radius 3 is 2.43 bits per heavy atom. The largest absolute Gasteiger partial charge is 0.496 e. The molecule has 0 aliphatic heterocycles. The van der Waals surface area contributed by atoms with E-state index >= 15 is 0 Å². The van der Waals surface area contributed by atoms with Gasteiger partial charge in [0, 0.05) is 31.4 Å². The van der Waals surface area contributed by atoms with Gasteiger partial charge in [0.2, 0.25) is 0 Å². The summed E-state index contributed by atoms with van der Waals surface area (Å²) >= 11 is 0. The molecule has 0 fully saturated rings. The molecular formula is C20H20N2O. The van der Waals surface area contributed by atoms with Crippen LogP contribution in [0.1, 0.15) is 11.1 Å². The molecule has 3 rings (SSSR count). The lowest BCUT2D eigenvalue weighted by Gasteiger charge is -2.11. The van der Waals surface area contributed by atoms with E-state index in [1.165, 1.54) is 5.69 Å². The molecule has 0 spiro atoms. The molecule has 116 valence electrons. The monoisotopic (exact) mass is 304 g/mol. The highest BCUT2D eigenvalue weighted by Gasteiger charge is 2.05. The standard InChI is InChI=1S/C20H20N2O/c1-22(2)17-11-8-15(9-12-17)7-10-16-13-14-21-18-5-4-6-19(23-3)20(16)18/h4-14H,1-3H3/b10-7+. The second-order valence-corrected chi connectivity index (χ2v) is 5.57. The summed E-state index contributed by atoms with van der Waals surface area (Å²) in [6.07, 6.45) is 6.05. The lowest BCUT2D eigenvalue weighted by molar-refractivity contribution is 0.419. The summed E-state index contributed by atoms with van der Waals surface area (Å²) in [6.45, 7) is 0. The van der Waals surface area contributed by atoms with E-state index in [0.29, 0.717) is 0 Å². The fourth-order valence-electron chi connectivity index (χ4n) is 2.58. The van der Waals surface area contributed by atoms with Crippen LogP contribution in [-0.2, 0) is 0 Å². The van der Waals surface area contributed by atoms with Crippen LogP contribution in [0, 0.1) is 0 Å². The average molecular weight is 304 g/mol. The van der Waals surface area contributed by atoms with Gasteiger partial charge in [0.15, 0.2) is 0 Å². The normalized spacial score (nSPS) is 11.1. The molecule has 3 nitrogen and oxygen atoms in total. The summed E-state index contributed by atoms with van der Waals surface area (Å²) in [5.74, 6) is 0.846. The Morgan fingerprint density at radius 2 is 1.74 bits per heavy atom. The number of aromatic nitrogens is 1. The van der Waals surface area contributed by atoms with E-state index in [2.05, 4.69) is 46.3 Å². The van der Waals surface area contributed by atoms with Crippen LogP contribution in [0.15, 0.2) is 54.7 Å². The van der Waals surface area contributed by atoms with Gasteiger partial charge in [0.1, 0.15) is 5.75 Å². The fourth-order valence-corrected chi connectivity index (χ4v) is 2.58. The van der Waals surface area contributed by atoms with Crippen molar-refractivity contribution in [3.8, 4) is 5.75 Å². The molecule has 0 aliphatic rings. The fraction of sp³-hybridized carbons (Fsp3) is 0.150. The number of hydrogen-bond donors (Lipinski definition) is 0. The van der Waals surface area contributed by atoms with Crippen LogP contribution in [0.25, 0.3) is 23.1 Å². The summed E-state index contributed by atoms with van der Waals surface area (Å²) in [6, 6.07) is 16.4. The minimum atomic E-state index is 0.846. The molecule has 0 atom stereocenters. The predicted molar refractivity (Wildman–Crippen MR) is 98.0 cm³/mol. The van der Waals surface area contributed by atoms with Gasteiger partial charge in [-0.15, -0.1) is 0 Å². The Balaban J connectivity index is 1.97. The van der Waals surface area contributed by atoms with Crippen LogP contribution >= 0.6 is 0 Å². The SMILES string of the molecule is COc1cccc2nccc(/C=C/c3ccc(N(C)C)cc3)c12. The van der Waals surface area contributed by atoms with Crippen LogP contribution in [0.4, 0.5) is 5.69 Å². The van der Waals surface area contributed by atoms with Crippen LogP contribution in [0.3, 0.4) is 0 Å². The van der Waals surface area contributed by atoms with Gasteiger partial charge in [-0.3, -0.25) is 4.98 Å². The second kappa shape index (κ2) is 6.53. The lowest BCUT2D eigenvalue weighted by Crippen LogP contribution is -2.07. The van der Waals surface area contributed by atoms with Gasteiger partial charge in [-0.1, -0.05) is 30.4 Å². The number of anilines is 1. The number of methoxy groups -OCH3 is 1. The van der Waals surface area contributed by atoms with Gasteiger partial charge >= 0.3 is 0 Å². The highest BCUT2D eigenvalue weighted by molar-refractivity contribution is 5.94. The molecule has 0 unspecified atom stereocenters. The molecule has 0 saturated heterocycles. The lowest BCUT2D eigenvalue weighted by atomic mass is 10.1. The van der Waals surface area contributed by atoms with E-state index in [-0.39, 0.29) is 0 Å². The molecule has 0 amide bonds. The van der Waals surface area contributed by atoms with Crippen molar-refractivity contribution in [2.45, 2.75) is 0 Å². The van der Waals surface area contributed by atoms with E-state index < -0.39 is 0 Å². The van der Waals surface area contributed by atoms with Crippen LogP contribution in [0.5, 0.6) is 5.75 Å². The third-order valence-electron chi connectivity index (χ3n) is 3.85. The van der Waals surface area contributed by atoms with E-state index in [9.17, 15) is 0 Å². The van der Waals surface area contributed by atoms with Crippen LogP contribution in [-0.4, -0.2) is 26.2 Å². The van der Waals surface area contributed by atoms with E-state index in [4.69, 9.17) is 4.74 Å². The first-order chi connectivity index (χ1) is 11.2. The van der Waals surface area contributed by atoms with Gasteiger partial charge in [0.05, 0.1) is 12.6 Å². The molecule has 0 saturated carbocycles. The number of rotatable bonds is 4. The maximum atomic E-state index is 5.48. The molecular weight excluding hydrogens is 284 g/mol. The summed E-state index contributed by atoms with van der Waals surface area (Å²) in [4.78, 5) is 6.51. The van der Waals surface area contributed by atoms with Crippen LogP contribution < -0.4 is 9.64 Å². The maximum absolute atomic E-state index is 5.48. The van der Waals surface area contributed by atoms with Crippen molar-refractivity contribution < 1.29 is 4.74 Å². The van der Waals surface area contributed by atoms with Gasteiger partial charge in [0.25, 0.3) is 0 Å². The van der Waals surface area contributed by atoms with Crippen LogP contribution in [0.2, 0.25) is 0 Å². The molecule has 3 aromatic rings. The number of ether oxygens (including phenoxy) is 1. The van der Waals surface area contributed by atoms with Crippen molar-refractivity contribution in [3.05, 3.63) is 65.9 Å². The summed E-state index contributed by atoms with van der Waals surface area (Å²) in [5.41, 5.74) is 4.40. The number of benzene rings is 2. The van der Waals surface area contributed by atoms with Gasteiger partial charge in [-0.2, -0.15) is 0 Å². The zero-order chi connectivity index (χ0) is 16.2. The highest BCUT2D eigenvalue weighted by Crippen LogP contribution is 2.28. The van der Waals surface area contributed by atoms with Gasteiger partial charge in [-0.25, -0.2) is 0 Å². The molecule has 1 aromatic heterocycles. The molecule has 3 heteroatoms. The Kier molecular flexibility index (Phi) is 4.29. The molecule has 0 N–H and O–H groups in total. The first-order valence-electron chi connectivity index (χ1n) is 7.56. The Labute approximate surface area is 136 Å². The third-order valence-corrected chi connectivity index (χ3v) is 3.85. The first kappa shape index (κ1) is 15.1. The maximum Gasteiger partial charge on any atom is 0.128 e. The second-order valence-electron chi connectivity index (χ2n) is 5.57. The minimum absolute atomic E-state index is 0.846. The van der Waals surface area contributed by atoms with E-state index in [1.807, 2.05) is 44.6 Å². The van der Waals surface area contributed by atoms with Crippen molar-refractivity contribution in [2.75, 3.05) is 26.1 Å². The van der Waals surface area contributed by atoms with Crippen molar-refractivity contribution in [1.82, 2.24) is 4.98 Å². The molecule has 0 aliphatic carbocycles. The number of fused-ring (bicyclic) bond motifs is 1. The minimum Gasteiger partial charge on any atom is -0.496 e. The molecule has 0 radical (unpaired) electrons. The van der Waals surface area contributed by atoms with Crippen molar-refractivity contribution in [3.63, 3.8) is 0 Å². The van der Waals surface area contributed by atoms with E-state index in [1.54, 1.807) is 7.11 Å². The smallest absolute Gasteiger partial charge is 0.128 e. The van der Waals surface area contributed by atoms with Crippen molar-refractivity contribution >= 4 is 28.7 Å². The topological polar surface area (TPSA) is 25.4 Å². The van der Waals surface area contributed by atoms with Gasteiger partial charge in [-0.05, 0) is 41.5 Å². The highest BCUT2D eigenvalue weighted by atomic mass is 16.5. The third kappa shape index (κ3) is 3.19. The molecule has 2 aromatic carbocycles. The number of nitrogens with zero attached hydrogens (tertiary/aromatic N) is 2. The molecule has 1 heterocycles. The Hall–Kier alpha value is -2.81. The Morgan fingerprint density at radius 1 is 0.957 bits per heavy atom. The summed E-state index contributed by atoms with van der Waals surface area (Å²) < 4.78 is 5.48. The summed E-state index contributed by atoms with van der Waals surface area (Å²) in [5, 5.41) is 1.04. The predicted octanol–water partition coefficient (Wildman–Crippen LogP) is 4.48. The first-order valence-corrected chi connectivity index (χ1v) is 7.56. The molecule has 0 bridgehead atoms. The quantitative estimate of drug-likeness (QED) is 0.710. The number of pyridine rings is 1. The average Bonchev–Trinajstić information content (AvgIpc) is 2.59.